The van der Waals surface area contributed by atoms with Gasteiger partial charge in [-0.3, -0.25) is 4.68 Å². The van der Waals surface area contributed by atoms with E-state index in [0.29, 0.717) is 30.4 Å². The number of guanidine groups is 1. The quantitative estimate of drug-likeness (QED) is 0.351. The number of piperidine rings is 1. The first-order valence-electron chi connectivity index (χ1n) is 11.1. The SMILES string of the molecule is CCNC(=NCc1ccc(S(=O)(=O)N2CCCC(C)C2)cc1)NCCCn1cccn1. The first-order valence-corrected chi connectivity index (χ1v) is 12.5. The molecule has 3 rings (SSSR count). The van der Waals surface area contributed by atoms with Crippen molar-refractivity contribution in [3.63, 3.8) is 0 Å². The van der Waals surface area contributed by atoms with Crippen molar-refractivity contribution in [3.05, 3.63) is 48.3 Å². The topological polar surface area (TPSA) is 91.6 Å². The highest BCUT2D eigenvalue weighted by atomic mass is 32.2. The normalized spacial score (nSPS) is 18.1. The summed E-state index contributed by atoms with van der Waals surface area (Å²) in [5, 5.41) is 10.8. The molecular formula is C22H34N6O2S. The molecule has 1 aliphatic rings. The van der Waals surface area contributed by atoms with Crippen LogP contribution in [0.4, 0.5) is 0 Å². The smallest absolute Gasteiger partial charge is 0.243 e. The Morgan fingerprint density at radius 2 is 2.06 bits per heavy atom. The summed E-state index contributed by atoms with van der Waals surface area (Å²) in [7, 11) is -3.42. The average molecular weight is 447 g/mol. The van der Waals surface area contributed by atoms with Gasteiger partial charge >= 0.3 is 0 Å². The van der Waals surface area contributed by atoms with Crippen molar-refractivity contribution in [3.8, 4) is 0 Å². The zero-order valence-corrected chi connectivity index (χ0v) is 19.3. The van der Waals surface area contributed by atoms with Crippen molar-refractivity contribution in [1.29, 1.82) is 0 Å². The van der Waals surface area contributed by atoms with Gasteiger partial charge in [0.2, 0.25) is 10.0 Å². The second-order valence-corrected chi connectivity index (χ2v) is 9.94. The number of nitrogens with zero attached hydrogens (tertiary/aromatic N) is 4. The molecule has 9 heteroatoms. The summed E-state index contributed by atoms with van der Waals surface area (Å²) in [6.07, 6.45) is 6.69. The van der Waals surface area contributed by atoms with Crippen LogP contribution in [0.5, 0.6) is 0 Å². The van der Waals surface area contributed by atoms with Crippen LogP contribution in [0.1, 0.15) is 38.7 Å². The summed E-state index contributed by atoms with van der Waals surface area (Å²) in [4.78, 5) is 4.98. The first-order chi connectivity index (χ1) is 15.0. The molecule has 0 saturated carbocycles. The lowest BCUT2D eigenvalue weighted by Crippen LogP contribution is -2.39. The second-order valence-electron chi connectivity index (χ2n) is 8.00. The van der Waals surface area contributed by atoms with Gasteiger partial charge in [0.1, 0.15) is 0 Å². The predicted molar refractivity (Wildman–Crippen MR) is 123 cm³/mol. The van der Waals surface area contributed by atoms with E-state index in [1.165, 1.54) is 0 Å². The maximum atomic E-state index is 12.9. The van der Waals surface area contributed by atoms with Gasteiger partial charge in [0.25, 0.3) is 0 Å². The maximum Gasteiger partial charge on any atom is 0.243 e. The van der Waals surface area contributed by atoms with Gasteiger partial charge in [-0.05, 0) is 55.9 Å². The Bertz CT molecular complexity index is 925. The molecule has 170 valence electrons. The third kappa shape index (κ3) is 6.80. The number of rotatable bonds is 9. The van der Waals surface area contributed by atoms with E-state index in [2.05, 4.69) is 27.6 Å². The zero-order chi connectivity index (χ0) is 22.1. The molecule has 2 aromatic rings. The predicted octanol–water partition coefficient (Wildman–Crippen LogP) is 2.45. The van der Waals surface area contributed by atoms with Crippen LogP contribution in [0.25, 0.3) is 0 Å². The van der Waals surface area contributed by atoms with E-state index in [0.717, 1.165) is 50.4 Å². The minimum atomic E-state index is -3.42. The first kappa shape index (κ1) is 23.3. The molecule has 1 saturated heterocycles. The Kier molecular flexibility index (Phi) is 8.48. The van der Waals surface area contributed by atoms with Crippen LogP contribution in [0.2, 0.25) is 0 Å². The number of aryl methyl sites for hydroxylation is 1. The molecule has 1 fully saturated rings. The van der Waals surface area contributed by atoms with E-state index in [1.807, 2.05) is 36.0 Å². The summed E-state index contributed by atoms with van der Waals surface area (Å²) in [5.41, 5.74) is 0.972. The highest BCUT2D eigenvalue weighted by molar-refractivity contribution is 7.89. The van der Waals surface area contributed by atoms with Crippen molar-refractivity contribution in [1.82, 2.24) is 24.7 Å². The fraction of sp³-hybridized carbons (Fsp3) is 0.545. The van der Waals surface area contributed by atoms with Crippen molar-refractivity contribution >= 4 is 16.0 Å². The van der Waals surface area contributed by atoms with Crippen LogP contribution in [0.3, 0.4) is 0 Å². The van der Waals surface area contributed by atoms with Gasteiger partial charge in [-0.15, -0.1) is 0 Å². The molecule has 0 radical (unpaired) electrons. The van der Waals surface area contributed by atoms with Gasteiger partial charge in [0.05, 0.1) is 11.4 Å². The van der Waals surface area contributed by atoms with Crippen LogP contribution in [0, 0.1) is 5.92 Å². The van der Waals surface area contributed by atoms with Crippen molar-refractivity contribution in [2.75, 3.05) is 26.2 Å². The number of benzene rings is 1. The molecule has 1 unspecified atom stereocenters. The van der Waals surface area contributed by atoms with Crippen LogP contribution in [-0.2, 0) is 23.1 Å². The fourth-order valence-electron chi connectivity index (χ4n) is 3.67. The van der Waals surface area contributed by atoms with Crippen LogP contribution in [-0.4, -0.2) is 54.6 Å². The van der Waals surface area contributed by atoms with E-state index >= 15 is 0 Å². The van der Waals surface area contributed by atoms with Crippen LogP contribution < -0.4 is 10.6 Å². The second kappa shape index (κ2) is 11.3. The number of aromatic nitrogens is 2. The molecular weight excluding hydrogens is 412 g/mol. The van der Waals surface area contributed by atoms with Crippen molar-refractivity contribution in [2.45, 2.75) is 51.1 Å². The lowest BCUT2D eigenvalue weighted by molar-refractivity contribution is 0.281. The van der Waals surface area contributed by atoms with E-state index in [9.17, 15) is 8.42 Å². The number of hydrogen-bond donors (Lipinski definition) is 2. The molecule has 2 N–H and O–H groups in total. The third-order valence-corrected chi connectivity index (χ3v) is 7.24. The molecule has 0 bridgehead atoms. The summed E-state index contributed by atoms with van der Waals surface area (Å²) < 4.78 is 29.3. The van der Waals surface area contributed by atoms with Crippen molar-refractivity contribution in [2.24, 2.45) is 10.9 Å². The molecule has 2 heterocycles. The fourth-order valence-corrected chi connectivity index (χ4v) is 5.27. The van der Waals surface area contributed by atoms with Crippen LogP contribution >= 0.6 is 0 Å². The lowest BCUT2D eigenvalue weighted by atomic mass is 10.0. The van der Waals surface area contributed by atoms with E-state index in [4.69, 9.17) is 0 Å². The molecule has 0 spiro atoms. The van der Waals surface area contributed by atoms with Crippen LogP contribution in [0.15, 0.2) is 52.6 Å². The molecule has 0 aliphatic carbocycles. The molecule has 1 aromatic carbocycles. The summed E-state index contributed by atoms with van der Waals surface area (Å²) in [6.45, 7) is 8.25. The molecule has 1 aromatic heterocycles. The van der Waals surface area contributed by atoms with Gasteiger partial charge in [-0.1, -0.05) is 19.1 Å². The zero-order valence-electron chi connectivity index (χ0n) is 18.5. The Labute approximate surface area is 185 Å². The van der Waals surface area contributed by atoms with Gasteiger partial charge in [-0.25, -0.2) is 13.4 Å². The number of hydrogen-bond acceptors (Lipinski definition) is 4. The lowest BCUT2D eigenvalue weighted by Gasteiger charge is -2.30. The molecule has 1 aliphatic heterocycles. The minimum absolute atomic E-state index is 0.359. The third-order valence-electron chi connectivity index (χ3n) is 5.36. The molecule has 8 nitrogen and oxygen atoms in total. The number of nitrogens with one attached hydrogen (secondary N) is 2. The molecule has 1 atom stereocenters. The van der Waals surface area contributed by atoms with E-state index < -0.39 is 10.0 Å². The van der Waals surface area contributed by atoms with E-state index in [1.54, 1.807) is 22.6 Å². The average Bonchev–Trinajstić information content (AvgIpc) is 3.29. The Morgan fingerprint density at radius 1 is 1.26 bits per heavy atom. The standard InChI is InChI=1S/C22H34N6O2S/c1-3-23-22(24-12-5-14-27-15-6-13-26-27)25-17-20-8-10-21(11-9-20)31(29,30)28-16-4-7-19(2)18-28/h6,8-11,13,15,19H,3-5,7,12,14,16-18H2,1-2H3,(H2,23,24,25). The largest absolute Gasteiger partial charge is 0.357 e. The van der Waals surface area contributed by atoms with Gasteiger partial charge in [-0.2, -0.15) is 9.40 Å². The van der Waals surface area contributed by atoms with Gasteiger partial charge in [0, 0.05) is 45.1 Å². The maximum absolute atomic E-state index is 12.9. The molecule has 0 amide bonds. The summed E-state index contributed by atoms with van der Waals surface area (Å²) in [5.74, 6) is 1.16. The summed E-state index contributed by atoms with van der Waals surface area (Å²) >= 11 is 0. The number of aliphatic imine (C=N–C) groups is 1. The highest BCUT2D eigenvalue weighted by Gasteiger charge is 2.28. The monoisotopic (exact) mass is 446 g/mol. The van der Waals surface area contributed by atoms with Gasteiger partial charge < -0.3 is 10.6 Å². The summed E-state index contributed by atoms with van der Waals surface area (Å²) in [6, 6.07) is 9.02. The van der Waals surface area contributed by atoms with Crippen molar-refractivity contribution < 1.29 is 8.42 Å². The number of sulfonamides is 1. The molecule has 31 heavy (non-hydrogen) atoms. The minimum Gasteiger partial charge on any atom is -0.357 e. The Morgan fingerprint density at radius 3 is 2.74 bits per heavy atom. The van der Waals surface area contributed by atoms with E-state index in [-0.39, 0.29) is 0 Å². The Hall–Kier alpha value is -2.39. The van der Waals surface area contributed by atoms with Gasteiger partial charge in [0.15, 0.2) is 5.96 Å². The highest BCUT2D eigenvalue weighted by Crippen LogP contribution is 2.23. The Balaban J connectivity index is 1.54.